The maximum Gasteiger partial charge on any atom is 0.318 e. The normalized spacial score (nSPS) is 17.2. The molecule has 0 saturated carbocycles. The first-order valence-electron chi connectivity index (χ1n) is 9.57. The topological polar surface area (TPSA) is 91.8 Å². The van der Waals surface area contributed by atoms with Crippen molar-refractivity contribution in [2.45, 2.75) is 31.5 Å². The third-order valence-electron chi connectivity index (χ3n) is 5.37. The summed E-state index contributed by atoms with van der Waals surface area (Å²) in [5.41, 5.74) is 3.90. The first kappa shape index (κ1) is 19.8. The summed E-state index contributed by atoms with van der Waals surface area (Å²) in [5.74, 6) is 0. The minimum absolute atomic E-state index is 0.148. The number of nitrogens with zero attached hydrogens (tertiary/aromatic N) is 3. The van der Waals surface area contributed by atoms with Crippen molar-refractivity contribution in [3.63, 3.8) is 0 Å². The third-order valence-corrected chi connectivity index (χ3v) is 7.26. The molecular formula is C20H24N4O4S. The van der Waals surface area contributed by atoms with Crippen LogP contribution in [0.4, 0.5) is 4.79 Å². The summed E-state index contributed by atoms with van der Waals surface area (Å²) in [6.45, 7) is 4.88. The van der Waals surface area contributed by atoms with Crippen molar-refractivity contribution in [3.05, 3.63) is 58.9 Å². The Hall–Kier alpha value is -2.49. The van der Waals surface area contributed by atoms with Gasteiger partial charge >= 0.3 is 6.03 Å². The Bertz CT molecular complexity index is 994. The molecule has 2 aliphatic rings. The second-order valence-corrected chi connectivity index (χ2v) is 9.20. The number of sulfonamides is 1. The predicted octanol–water partition coefficient (Wildman–Crippen LogP) is 1.64. The molecule has 1 fully saturated rings. The molecule has 1 saturated heterocycles. The van der Waals surface area contributed by atoms with Crippen LogP contribution in [0.15, 0.2) is 41.6 Å². The standard InChI is InChI=1S/C20H24N4O4S/c1-15-10-19(29(26,27)24-6-8-28-9-7-24)3-2-16(15)12-22-20(25)23-13-17-4-5-21-11-18(17)14-23/h2-5,10-11H,6-9,12-14H2,1H3,(H,22,25). The summed E-state index contributed by atoms with van der Waals surface area (Å²) in [5, 5.41) is 2.93. The number of morpholine rings is 1. The zero-order valence-corrected chi connectivity index (χ0v) is 17.1. The highest BCUT2D eigenvalue weighted by Gasteiger charge is 2.27. The second-order valence-electron chi connectivity index (χ2n) is 7.26. The van der Waals surface area contributed by atoms with Crippen molar-refractivity contribution in [3.8, 4) is 0 Å². The molecule has 1 aromatic carbocycles. The fourth-order valence-corrected chi connectivity index (χ4v) is 5.10. The van der Waals surface area contributed by atoms with E-state index in [1.807, 2.05) is 13.0 Å². The fraction of sp³-hybridized carbons (Fsp3) is 0.400. The van der Waals surface area contributed by atoms with E-state index in [9.17, 15) is 13.2 Å². The van der Waals surface area contributed by atoms with Gasteiger partial charge in [0.1, 0.15) is 0 Å². The first-order chi connectivity index (χ1) is 13.9. The average molecular weight is 417 g/mol. The number of aryl methyl sites for hydroxylation is 1. The Morgan fingerprint density at radius 2 is 1.93 bits per heavy atom. The Balaban J connectivity index is 1.39. The number of fused-ring (bicyclic) bond motifs is 1. The van der Waals surface area contributed by atoms with E-state index >= 15 is 0 Å². The lowest BCUT2D eigenvalue weighted by atomic mass is 10.1. The van der Waals surface area contributed by atoms with Crippen LogP contribution in [-0.2, 0) is 34.4 Å². The number of amides is 2. The molecule has 0 spiro atoms. The van der Waals surface area contributed by atoms with Crippen LogP contribution in [0, 0.1) is 6.92 Å². The molecule has 3 heterocycles. The fourth-order valence-electron chi connectivity index (χ4n) is 3.61. The third kappa shape index (κ3) is 4.12. The number of hydrogen-bond acceptors (Lipinski definition) is 5. The minimum Gasteiger partial charge on any atom is -0.379 e. The van der Waals surface area contributed by atoms with Gasteiger partial charge in [0.15, 0.2) is 0 Å². The zero-order chi connectivity index (χ0) is 20.4. The molecule has 2 aliphatic heterocycles. The van der Waals surface area contributed by atoms with Crippen LogP contribution in [0.5, 0.6) is 0 Å². The number of rotatable bonds is 4. The SMILES string of the molecule is Cc1cc(S(=O)(=O)N2CCOCC2)ccc1CNC(=O)N1Cc2ccncc2C1. The highest BCUT2D eigenvalue weighted by molar-refractivity contribution is 7.89. The van der Waals surface area contributed by atoms with Crippen molar-refractivity contribution in [1.82, 2.24) is 19.5 Å². The lowest BCUT2D eigenvalue weighted by Gasteiger charge is -2.26. The molecule has 29 heavy (non-hydrogen) atoms. The number of ether oxygens (including phenoxy) is 1. The van der Waals surface area contributed by atoms with E-state index in [2.05, 4.69) is 10.3 Å². The van der Waals surface area contributed by atoms with Crippen LogP contribution in [0.25, 0.3) is 0 Å². The van der Waals surface area contributed by atoms with Gasteiger partial charge in [0.25, 0.3) is 0 Å². The Kier molecular flexibility index (Phi) is 5.53. The van der Waals surface area contributed by atoms with Crippen molar-refractivity contribution < 1.29 is 17.9 Å². The Morgan fingerprint density at radius 1 is 1.17 bits per heavy atom. The van der Waals surface area contributed by atoms with Gasteiger partial charge in [-0.15, -0.1) is 0 Å². The molecule has 1 N–H and O–H groups in total. The monoisotopic (exact) mass is 416 g/mol. The predicted molar refractivity (Wildman–Crippen MR) is 106 cm³/mol. The van der Waals surface area contributed by atoms with Gasteiger partial charge in [0.2, 0.25) is 10.0 Å². The quantitative estimate of drug-likeness (QED) is 0.818. The van der Waals surface area contributed by atoms with E-state index in [1.54, 1.807) is 35.5 Å². The Labute approximate surface area is 170 Å². The summed E-state index contributed by atoms with van der Waals surface area (Å²) in [4.78, 5) is 18.6. The summed E-state index contributed by atoms with van der Waals surface area (Å²) < 4.78 is 32.3. The maximum absolute atomic E-state index is 12.8. The van der Waals surface area contributed by atoms with Crippen molar-refractivity contribution >= 4 is 16.1 Å². The molecule has 0 aliphatic carbocycles. The molecule has 0 radical (unpaired) electrons. The van der Waals surface area contributed by atoms with E-state index in [0.29, 0.717) is 45.9 Å². The molecule has 0 unspecified atom stereocenters. The van der Waals surface area contributed by atoms with Crippen LogP contribution in [-0.4, -0.2) is 54.9 Å². The van der Waals surface area contributed by atoms with Crippen molar-refractivity contribution in [2.75, 3.05) is 26.3 Å². The average Bonchev–Trinajstić information content (AvgIpc) is 3.17. The van der Waals surface area contributed by atoms with Gasteiger partial charge in [0, 0.05) is 45.1 Å². The molecule has 2 aromatic rings. The van der Waals surface area contributed by atoms with Crippen LogP contribution in [0.3, 0.4) is 0 Å². The largest absolute Gasteiger partial charge is 0.379 e. The van der Waals surface area contributed by atoms with Gasteiger partial charge in [-0.25, -0.2) is 13.2 Å². The van der Waals surface area contributed by atoms with Gasteiger partial charge in [-0.1, -0.05) is 6.07 Å². The number of aromatic nitrogens is 1. The minimum atomic E-state index is -3.52. The molecular weight excluding hydrogens is 392 g/mol. The summed E-state index contributed by atoms with van der Waals surface area (Å²) >= 11 is 0. The number of urea groups is 1. The molecule has 8 nitrogen and oxygen atoms in total. The van der Waals surface area contributed by atoms with Crippen molar-refractivity contribution in [1.29, 1.82) is 0 Å². The zero-order valence-electron chi connectivity index (χ0n) is 16.3. The molecule has 154 valence electrons. The number of carbonyl (C=O) groups is 1. The van der Waals surface area contributed by atoms with Gasteiger partial charge in [-0.05, 0) is 47.4 Å². The number of nitrogens with one attached hydrogen (secondary N) is 1. The van der Waals surface area contributed by atoms with Gasteiger partial charge < -0.3 is 15.0 Å². The summed E-state index contributed by atoms with van der Waals surface area (Å²) in [6.07, 6.45) is 3.52. The van der Waals surface area contributed by atoms with E-state index < -0.39 is 10.0 Å². The lowest BCUT2D eigenvalue weighted by Crippen LogP contribution is -2.40. The highest BCUT2D eigenvalue weighted by Crippen LogP contribution is 2.22. The van der Waals surface area contributed by atoms with E-state index in [-0.39, 0.29) is 10.9 Å². The van der Waals surface area contributed by atoms with Crippen LogP contribution in [0.2, 0.25) is 0 Å². The molecule has 1 aromatic heterocycles. The molecule has 9 heteroatoms. The number of benzene rings is 1. The highest BCUT2D eigenvalue weighted by atomic mass is 32.2. The van der Waals surface area contributed by atoms with Gasteiger partial charge in [-0.2, -0.15) is 4.31 Å². The number of hydrogen-bond donors (Lipinski definition) is 1. The van der Waals surface area contributed by atoms with E-state index in [4.69, 9.17) is 4.74 Å². The Morgan fingerprint density at radius 3 is 2.66 bits per heavy atom. The smallest absolute Gasteiger partial charge is 0.318 e. The van der Waals surface area contributed by atoms with Crippen LogP contribution >= 0.6 is 0 Å². The number of carbonyl (C=O) groups excluding carboxylic acids is 1. The van der Waals surface area contributed by atoms with E-state index in [1.165, 1.54) is 4.31 Å². The lowest BCUT2D eigenvalue weighted by molar-refractivity contribution is 0.0730. The van der Waals surface area contributed by atoms with Crippen LogP contribution in [0.1, 0.15) is 22.3 Å². The maximum atomic E-state index is 12.8. The summed E-state index contributed by atoms with van der Waals surface area (Å²) in [6, 6.07) is 6.83. The molecule has 0 atom stereocenters. The number of pyridine rings is 1. The van der Waals surface area contributed by atoms with Gasteiger partial charge in [-0.3, -0.25) is 4.98 Å². The molecule has 4 rings (SSSR count). The first-order valence-corrected chi connectivity index (χ1v) is 11.0. The second kappa shape index (κ2) is 8.10. The summed E-state index contributed by atoms with van der Waals surface area (Å²) in [7, 11) is -3.52. The van der Waals surface area contributed by atoms with Crippen LogP contribution < -0.4 is 5.32 Å². The molecule has 0 bridgehead atoms. The van der Waals surface area contributed by atoms with E-state index in [0.717, 1.165) is 22.3 Å². The van der Waals surface area contributed by atoms with Gasteiger partial charge in [0.05, 0.1) is 18.1 Å². The van der Waals surface area contributed by atoms with Crippen molar-refractivity contribution in [2.24, 2.45) is 0 Å². The molecule has 2 amide bonds.